The number of benzene rings is 1. The maximum atomic E-state index is 11.5. The van der Waals surface area contributed by atoms with Gasteiger partial charge in [-0.1, -0.05) is 12.1 Å². The Morgan fingerprint density at radius 1 is 1.26 bits per heavy atom. The molecule has 1 rings (SSSR count). The first-order valence-corrected chi connectivity index (χ1v) is 6.76. The van der Waals surface area contributed by atoms with Gasteiger partial charge in [-0.15, -0.1) is 0 Å². The Kier molecular flexibility index (Phi) is 6.09. The van der Waals surface area contributed by atoms with Crippen LogP contribution >= 0.6 is 8.46 Å². The lowest BCUT2D eigenvalue weighted by Crippen LogP contribution is -2.27. The van der Waals surface area contributed by atoms with E-state index in [2.05, 4.69) is 4.74 Å². The summed E-state index contributed by atoms with van der Waals surface area (Å²) in [4.78, 5) is 11.5. The highest BCUT2D eigenvalue weighted by atomic mass is 31.1. The fourth-order valence-corrected chi connectivity index (χ4v) is 2.27. The molecule has 1 aromatic rings. The third-order valence-corrected chi connectivity index (χ3v) is 3.21. The molecule has 1 aromatic carbocycles. The highest BCUT2D eigenvalue weighted by Crippen LogP contribution is 2.38. The van der Waals surface area contributed by atoms with Crippen molar-refractivity contribution in [1.29, 1.82) is 0 Å². The van der Waals surface area contributed by atoms with E-state index in [4.69, 9.17) is 9.47 Å². The summed E-state index contributed by atoms with van der Waals surface area (Å²) >= 11 is 0. The minimum absolute atomic E-state index is 0.322. The number of methoxy groups -OCH3 is 1. The van der Waals surface area contributed by atoms with E-state index in [9.17, 15) is 9.36 Å². The molecule has 0 aromatic heterocycles. The van der Waals surface area contributed by atoms with Crippen LogP contribution in [0.3, 0.4) is 0 Å². The number of carbonyl (C=O) groups excluding carboxylic acids is 1. The number of rotatable bonds is 7. The summed E-state index contributed by atoms with van der Waals surface area (Å²) in [5.41, 5.74) is -0.517. The van der Waals surface area contributed by atoms with Crippen LogP contribution in [-0.4, -0.2) is 26.3 Å². The molecular formula is C13H17O5P. The van der Waals surface area contributed by atoms with E-state index in [-0.39, 0.29) is 8.46 Å². The Balaban J connectivity index is 3.22. The maximum absolute atomic E-state index is 11.5. The van der Waals surface area contributed by atoms with Crippen molar-refractivity contribution in [3.63, 3.8) is 0 Å². The third-order valence-electron chi connectivity index (χ3n) is 2.45. The quantitative estimate of drug-likeness (QED) is 0.437. The molecule has 0 radical (unpaired) electrons. The predicted octanol–water partition coefficient (Wildman–Crippen LogP) is 2.95. The van der Waals surface area contributed by atoms with Gasteiger partial charge >= 0.3 is 5.97 Å². The number of hydrogen-bond acceptors (Lipinski definition) is 5. The molecule has 0 aliphatic rings. The summed E-state index contributed by atoms with van der Waals surface area (Å²) < 4.78 is 27.1. The molecule has 0 amide bonds. The van der Waals surface area contributed by atoms with Gasteiger partial charge in [0.1, 0.15) is 0 Å². The van der Waals surface area contributed by atoms with Gasteiger partial charge in [0.15, 0.2) is 0 Å². The molecule has 0 aliphatic heterocycles. The van der Waals surface area contributed by atoms with Crippen LogP contribution in [0.5, 0.6) is 0 Å². The average Bonchev–Trinajstić information content (AvgIpc) is 2.46. The van der Waals surface area contributed by atoms with Crippen LogP contribution in [-0.2, 0) is 24.3 Å². The van der Waals surface area contributed by atoms with Gasteiger partial charge in [0, 0.05) is 18.8 Å². The molecule has 5 nitrogen and oxygen atoms in total. The van der Waals surface area contributed by atoms with Gasteiger partial charge in [0.25, 0.3) is 5.53 Å². The highest BCUT2D eigenvalue weighted by molar-refractivity contribution is 7.24. The van der Waals surface area contributed by atoms with E-state index in [1.807, 2.05) is 0 Å². The molecule has 0 saturated carbocycles. The molecule has 104 valence electrons. The Hall–Kier alpha value is -1.29. The van der Waals surface area contributed by atoms with Crippen molar-refractivity contribution in [2.24, 2.45) is 0 Å². The second-order valence-electron chi connectivity index (χ2n) is 3.61. The van der Waals surface area contributed by atoms with Crippen LogP contribution in [0.2, 0.25) is 0 Å². The van der Waals surface area contributed by atoms with Gasteiger partial charge in [0.2, 0.25) is 8.46 Å². The molecular weight excluding hydrogens is 267 g/mol. The number of hydrogen-bond donors (Lipinski definition) is 0. The minimum atomic E-state index is -1.38. The molecule has 19 heavy (non-hydrogen) atoms. The van der Waals surface area contributed by atoms with Crippen molar-refractivity contribution in [2.75, 3.05) is 20.3 Å². The fraction of sp³-hybridized carbons (Fsp3) is 0.462. The largest absolute Gasteiger partial charge is 0.465 e. The predicted molar refractivity (Wildman–Crippen MR) is 70.3 cm³/mol. The fourth-order valence-electron chi connectivity index (χ4n) is 1.67. The zero-order valence-corrected chi connectivity index (χ0v) is 12.1. The Morgan fingerprint density at radius 3 is 2.37 bits per heavy atom. The summed E-state index contributed by atoms with van der Waals surface area (Å²) in [7, 11) is 0.982. The zero-order chi connectivity index (χ0) is 14.3. The molecule has 6 heteroatoms. The smallest absolute Gasteiger partial charge is 0.337 e. The Bertz CT molecular complexity index is 440. The molecule has 0 N–H and O–H groups in total. The molecule has 0 heterocycles. The molecule has 0 spiro atoms. The first-order chi connectivity index (χ1) is 9.13. The SMILES string of the molecule is CCOC(OCC)(P=O)c1cccc(C(=O)OC)c1. The molecule has 0 unspecified atom stereocenters. The first-order valence-electron chi connectivity index (χ1n) is 5.94. The number of esters is 1. The molecule has 0 fully saturated rings. The molecule has 0 saturated heterocycles. The second kappa shape index (κ2) is 7.34. The van der Waals surface area contributed by atoms with Crippen molar-refractivity contribution >= 4 is 14.4 Å². The monoisotopic (exact) mass is 284 g/mol. The topological polar surface area (TPSA) is 61.8 Å². The minimum Gasteiger partial charge on any atom is -0.465 e. The zero-order valence-electron chi connectivity index (χ0n) is 11.2. The van der Waals surface area contributed by atoms with Crippen molar-refractivity contribution in [3.05, 3.63) is 35.4 Å². The lowest BCUT2D eigenvalue weighted by atomic mass is 10.1. The number of ether oxygens (including phenoxy) is 3. The summed E-state index contributed by atoms with van der Waals surface area (Å²) in [6.45, 7) is 4.22. The van der Waals surface area contributed by atoms with Crippen molar-refractivity contribution in [1.82, 2.24) is 0 Å². The van der Waals surface area contributed by atoms with Crippen LogP contribution < -0.4 is 0 Å². The van der Waals surface area contributed by atoms with Crippen LogP contribution in [0, 0.1) is 0 Å². The van der Waals surface area contributed by atoms with Crippen molar-refractivity contribution in [2.45, 2.75) is 19.4 Å². The van der Waals surface area contributed by atoms with Gasteiger partial charge in [-0.25, -0.2) is 4.79 Å². The van der Waals surface area contributed by atoms with Gasteiger partial charge in [-0.3, -0.25) is 4.57 Å². The lowest BCUT2D eigenvalue weighted by molar-refractivity contribution is -0.176. The third kappa shape index (κ3) is 3.60. The number of carbonyl (C=O) groups is 1. The van der Waals surface area contributed by atoms with Gasteiger partial charge < -0.3 is 14.2 Å². The first kappa shape index (κ1) is 15.8. The van der Waals surface area contributed by atoms with E-state index in [0.29, 0.717) is 24.3 Å². The van der Waals surface area contributed by atoms with E-state index in [0.717, 1.165) is 0 Å². The van der Waals surface area contributed by atoms with E-state index in [1.54, 1.807) is 38.1 Å². The van der Waals surface area contributed by atoms with Crippen molar-refractivity contribution in [3.8, 4) is 0 Å². The molecule has 0 atom stereocenters. The van der Waals surface area contributed by atoms with Crippen molar-refractivity contribution < 1.29 is 23.6 Å². The normalized spacial score (nSPS) is 11.5. The van der Waals surface area contributed by atoms with Gasteiger partial charge in [0.05, 0.1) is 12.7 Å². The summed E-state index contributed by atoms with van der Waals surface area (Å²) in [5, 5.41) is 0. The lowest BCUT2D eigenvalue weighted by Gasteiger charge is -2.26. The van der Waals surface area contributed by atoms with Gasteiger partial charge in [-0.05, 0) is 26.0 Å². The van der Waals surface area contributed by atoms with Crippen LogP contribution in [0.15, 0.2) is 24.3 Å². The summed E-state index contributed by atoms with van der Waals surface area (Å²) in [6.07, 6.45) is 0. The van der Waals surface area contributed by atoms with E-state index < -0.39 is 11.5 Å². The Morgan fingerprint density at radius 2 is 1.89 bits per heavy atom. The van der Waals surface area contributed by atoms with Crippen LogP contribution in [0.1, 0.15) is 29.8 Å². The maximum Gasteiger partial charge on any atom is 0.337 e. The standard InChI is InChI=1S/C13H17O5P/c1-4-17-13(19-15,18-5-2)11-8-6-7-10(9-11)12(14)16-3/h6-9H,4-5H2,1-3H3. The summed E-state index contributed by atoms with van der Waals surface area (Å²) in [5.74, 6) is -0.466. The van der Waals surface area contributed by atoms with Crippen LogP contribution in [0.4, 0.5) is 0 Å². The average molecular weight is 284 g/mol. The summed E-state index contributed by atoms with van der Waals surface area (Å²) in [6, 6.07) is 6.53. The van der Waals surface area contributed by atoms with E-state index in [1.165, 1.54) is 7.11 Å². The second-order valence-corrected chi connectivity index (χ2v) is 4.38. The van der Waals surface area contributed by atoms with E-state index >= 15 is 0 Å². The molecule has 0 bridgehead atoms. The van der Waals surface area contributed by atoms with Gasteiger partial charge in [-0.2, -0.15) is 0 Å². The molecule has 0 aliphatic carbocycles. The Labute approximate surface area is 114 Å². The highest BCUT2D eigenvalue weighted by Gasteiger charge is 2.35. The van der Waals surface area contributed by atoms with Crippen LogP contribution in [0.25, 0.3) is 0 Å².